The zero-order valence-corrected chi connectivity index (χ0v) is 13.3. The second-order valence-corrected chi connectivity index (χ2v) is 5.68. The van der Waals surface area contributed by atoms with Crippen LogP contribution in [0.15, 0.2) is 18.2 Å². The van der Waals surface area contributed by atoms with Gasteiger partial charge in [0.15, 0.2) is 0 Å². The Hall–Kier alpha value is -0.810. The summed E-state index contributed by atoms with van der Waals surface area (Å²) in [6.07, 6.45) is -0.0643. The zero-order chi connectivity index (χ0) is 14.7. The average molecular weight is 317 g/mol. The van der Waals surface area contributed by atoms with Crippen molar-refractivity contribution in [3.8, 4) is 0 Å². The monoisotopic (exact) mass is 316 g/mol. The first kappa shape index (κ1) is 15.6. The largest absolute Gasteiger partial charge is 0.382 e. The summed E-state index contributed by atoms with van der Waals surface area (Å²) < 4.78 is 12.6. The lowest BCUT2D eigenvalue weighted by atomic mass is 10.3. The molecule has 0 aliphatic heterocycles. The SMILES string of the molecule is COCC(Cn1c(C(C)Cl)nc2c(Cl)cccc21)OC. The molecule has 0 fully saturated rings. The van der Waals surface area contributed by atoms with Crippen molar-refractivity contribution in [1.82, 2.24) is 9.55 Å². The first-order valence-electron chi connectivity index (χ1n) is 6.39. The molecule has 6 heteroatoms. The molecule has 2 aromatic rings. The molecule has 0 N–H and O–H groups in total. The number of rotatable bonds is 6. The van der Waals surface area contributed by atoms with Crippen molar-refractivity contribution in [2.75, 3.05) is 20.8 Å². The fourth-order valence-corrected chi connectivity index (χ4v) is 2.59. The highest BCUT2D eigenvalue weighted by atomic mass is 35.5. The minimum atomic E-state index is -0.210. The summed E-state index contributed by atoms with van der Waals surface area (Å²) in [7, 11) is 3.32. The summed E-state index contributed by atoms with van der Waals surface area (Å²) in [5, 5.41) is 0.416. The molecule has 0 aliphatic carbocycles. The fraction of sp³-hybridized carbons (Fsp3) is 0.500. The van der Waals surface area contributed by atoms with Gasteiger partial charge in [-0.15, -0.1) is 11.6 Å². The Morgan fingerprint density at radius 2 is 2.10 bits per heavy atom. The average Bonchev–Trinajstić information content (AvgIpc) is 2.79. The van der Waals surface area contributed by atoms with E-state index in [9.17, 15) is 0 Å². The van der Waals surface area contributed by atoms with Crippen LogP contribution in [0.3, 0.4) is 0 Å². The van der Waals surface area contributed by atoms with Crippen LogP contribution in [0.5, 0.6) is 0 Å². The van der Waals surface area contributed by atoms with Crippen LogP contribution in [0, 0.1) is 0 Å². The third-order valence-electron chi connectivity index (χ3n) is 3.19. The Kier molecular flexibility index (Phi) is 5.27. The summed E-state index contributed by atoms with van der Waals surface area (Å²) in [4.78, 5) is 4.56. The molecular weight excluding hydrogens is 299 g/mol. The highest BCUT2D eigenvalue weighted by Gasteiger charge is 2.19. The molecule has 2 atom stereocenters. The molecule has 4 nitrogen and oxygen atoms in total. The quantitative estimate of drug-likeness (QED) is 0.763. The lowest BCUT2D eigenvalue weighted by Gasteiger charge is -2.18. The van der Waals surface area contributed by atoms with Crippen LogP contribution in [0.25, 0.3) is 11.0 Å². The van der Waals surface area contributed by atoms with Gasteiger partial charge >= 0.3 is 0 Å². The van der Waals surface area contributed by atoms with Crippen molar-refractivity contribution in [3.63, 3.8) is 0 Å². The highest BCUT2D eigenvalue weighted by molar-refractivity contribution is 6.35. The molecule has 110 valence electrons. The van der Waals surface area contributed by atoms with Gasteiger partial charge in [0.25, 0.3) is 0 Å². The number of benzene rings is 1. The molecule has 0 saturated heterocycles. The van der Waals surface area contributed by atoms with Crippen molar-refractivity contribution in [1.29, 1.82) is 0 Å². The predicted molar refractivity (Wildman–Crippen MR) is 81.7 cm³/mol. The van der Waals surface area contributed by atoms with E-state index >= 15 is 0 Å². The number of hydrogen-bond donors (Lipinski definition) is 0. The van der Waals surface area contributed by atoms with E-state index in [0.717, 1.165) is 16.9 Å². The number of para-hydroxylation sites is 1. The van der Waals surface area contributed by atoms with Gasteiger partial charge in [-0.05, 0) is 19.1 Å². The van der Waals surface area contributed by atoms with Gasteiger partial charge in [0, 0.05) is 14.2 Å². The van der Waals surface area contributed by atoms with Gasteiger partial charge < -0.3 is 14.0 Å². The van der Waals surface area contributed by atoms with Crippen LogP contribution in [-0.4, -0.2) is 36.5 Å². The standard InChI is InChI=1S/C14H18Cl2N2O2/c1-9(15)14-17-13-11(16)5-4-6-12(13)18(14)7-10(20-3)8-19-2/h4-6,9-10H,7-8H2,1-3H3. The fourth-order valence-electron chi connectivity index (χ4n) is 2.21. The molecule has 2 unspecified atom stereocenters. The molecular formula is C14H18Cl2N2O2. The Labute approximate surface area is 128 Å². The molecule has 20 heavy (non-hydrogen) atoms. The predicted octanol–water partition coefficient (Wildman–Crippen LogP) is 3.65. The summed E-state index contributed by atoms with van der Waals surface area (Å²) in [5.41, 5.74) is 1.72. The van der Waals surface area contributed by atoms with Crippen LogP contribution >= 0.6 is 23.2 Å². The molecule has 0 spiro atoms. The number of alkyl halides is 1. The third kappa shape index (κ3) is 3.09. The van der Waals surface area contributed by atoms with Crippen LogP contribution < -0.4 is 0 Å². The second-order valence-electron chi connectivity index (χ2n) is 4.62. The Morgan fingerprint density at radius 1 is 1.35 bits per heavy atom. The first-order valence-corrected chi connectivity index (χ1v) is 7.20. The number of halogens is 2. The van der Waals surface area contributed by atoms with Crippen molar-refractivity contribution in [3.05, 3.63) is 29.0 Å². The second kappa shape index (κ2) is 6.76. The molecule has 0 radical (unpaired) electrons. The maximum Gasteiger partial charge on any atom is 0.127 e. The Balaban J connectivity index is 2.48. The van der Waals surface area contributed by atoms with E-state index in [1.807, 2.05) is 29.7 Å². The van der Waals surface area contributed by atoms with Gasteiger partial charge in [-0.2, -0.15) is 0 Å². The maximum atomic E-state index is 6.24. The number of aromatic nitrogens is 2. The van der Waals surface area contributed by atoms with Crippen LogP contribution in [0.2, 0.25) is 5.02 Å². The number of methoxy groups -OCH3 is 2. The topological polar surface area (TPSA) is 36.3 Å². The van der Waals surface area contributed by atoms with Gasteiger partial charge in [-0.3, -0.25) is 0 Å². The van der Waals surface area contributed by atoms with Crippen molar-refractivity contribution < 1.29 is 9.47 Å². The van der Waals surface area contributed by atoms with E-state index in [1.54, 1.807) is 14.2 Å². The van der Waals surface area contributed by atoms with Crippen molar-refractivity contribution in [2.24, 2.45) is 0 Å². The molecule has 0 aliphatic rings. The summed E-state index contributed by atoms with van der Waals surface area (Å²) in [5.74, 6) is 0.785. The smallest absolute Gasteiger partial charge is 0.127 e. The number of ether oxygens (including phenoxy) is 2. The molecule has 1 heterocycles. The number of hydrogen-bond acceptors (Lipinski definition) is 3. The lowest BCUT2D eigenvalue weighted by Crippen LogP contribution is -2.24. The molecule has 1 aromatic carbocycles. The van der Waals surface area contributed by atoms with E-state index in [-0.39, 0.29) is 11.5 Å². The first-order chi connectivity index (χ1) is 9.58. The molecule has 1 aromatic heterocycles. The highest BCUT2D eigenvalue weighted by Crippen LogP contribution is 2.29. The molecule has 0 bridgehead atoms. The molecule has 0 saturated carbocycles. The van der Waals surface area contributed by atoms with Crippen LogP contribution in [-0.2, 0) is 16.0 Å². The van der Waals surface area contributed by atoms with E-state index in [2.05, 4.69) is 4.98 Å². The van der Waals surface area contributed by atoms with E-state index < -0.39 is 0 Å². The third-order valence-corrected chi connectivity index (χ3v) is 3.69. The van der Waals surface area contributed by atoms with Gasteiger partial charge in [-0.1, -0.05) is 17.7 Å². The van der Waals surface area contributed by atoms with E-state index in [1.165, 1.54) is 0 Å². The minimum absolute atomic E-state index is 0.0643. The van der Waals surface area contributed by atoms with E-state index in [0.29, 0.717) is 18.2 Å². The number of imidazole rings is 1. The summed E-state index contributed by atoms with van der Waals surface area (Å²) >= 11 is 12.4. The number of nitrogens with zero attached hydrogens (tertiary/aromatic N) is 2. The summed E-state index contributed by atoms with van der Waals surface area (Å²) in [6.45, 7) is 3.02. The summed E-state index contributed by atoms with van der Waals surface area (Å²) in [6, 6.07) is 5.72. The molecule has 2 rings (SSSR count). The van der Waals surface area contributed by atoms with Gasteiger partial charge in [0.05, 0.1) is 35.2 Å². The number of fused-ring (bicyclic) bond motifs is 1. The van der Waals surface area contributed by atoms with E-state index in [4.69, 9.17) is 32.7 Å². The van der Waals surface area contributed by atoms with Crippen LogP contribution in [0.4, 0.5) is 0 Å². The molecule has 0 amide bonds. The zero-order valence-electron chi connectivity index (χ0n) is 11.8. The van der Waals surface area contributed by atoms with Crippen molar-refractivity contribution >= 4 is 34.2 Å². The lowest BCUT2D eigenvalue weighted by molar-refractivity contribution is 0.0185. The van der Waals surface area contributed by atoms with Gasteiger partial charge in [-0.25, -0.2) is 4.98 Å². The minimum Gasteiger partial charge on any atom is -0.382 e. The Morgan fingerprint density at radius 3 is 2.70 bits per heavy atom. The van der Waals surface area contributed by atoms with Crippen LogP contribution in [0.1, 0.15) is 18.1 Å². The maximum absolute atomic E-state index is 6.24. The normalized spacial score (nSPS) is 14.7. The Bertz CT molecular complexity index is 584. The van der Waals surface area contributed by atoms with Gasteiger partial charge in [0.2, 0.25) is 0 Å². The van der Waals surface area contributed by atoms with Crippen molar-refractivity contribution in [2.45, 2.75) is 24.9 Å². The van der Waals surface area contributed by atoms with Gasteiger partial charge in [0.1, 0.15) is 11.3 Å².